The van der Waals surface area contributed by atoms with Crippen LogP contribution in [-0.4, -0.2) is 26.3 Å². The zero-order valence-electron chi connectivity index (χ0n) is 11.8. The third-order valence-corrected chi connectivity index (χ3v) is 4.68. The number of carbonyl (C=O) groups is 1. The highest BCUT2D eigenvalue weighted by Crippen LogP contribution is 2.53. The maximum absolute atomic E-state index is 11.8. The summed E-state index contributed by atoms with van der Waals surface area (Å²) in [6.45, 7) is 3.44. The molecule has 1 unspecified atom stereocenters. The van der Waals surface area contributed by atoms with Crippen molar-refractivity contribution in [2.75, 3.05) is 6.54 Å². The van der Waals surface area contributed by atoms with Crippen molar-refractivity contribution >= 4 is 40.1 Å². The number of amides is 1. The van der Waals surface area contributed by atoms with E-state index in [0.29, 0.717) is 13.0 Å². The van der Waals surface area contributed by atoms with E-state index < -0.39 is 4.33 Å². The fraction of sp³-hybridized carbons (Fsp3) is 0.467. The van der Waals surface area contributed by atoms with Crippen molar-refractivity contribution in [3.63, 3.8) is 0 Å². The zero-order chi connectivity index (χ0) is 15.0. The van der Waals surface area contributed by atoms with Crippen molar-refractivity contribution in [2.24, 2.45) is 5.92 Å². The van der Waals surface area contributed by atoms with Crippen molar-refractivity contribution in [3.8, 4) is 0 Å². The highest BCUT2D eigenvalue weighted by molar-refractivity contribution is 6.52. The fourth-order valence-corrected chi connectivity index (χ4v) is 3.05. The number of hydrogen-bond acceptors (Lipinski definition) is 2. The first-order chi connectivity index (χ1) is 9.99. The molecule has 1 heterocycles. The zero-order valence-corrected chi connectivity index (χ0v) is 13.3. The first kappa shape index (κ1) is 14.7. The van der Waals surface area contributed by atoms with E-state index in [9.17, 15) is 4.79 Å². The maximum Gasteiger partial charge on any atom is 0.226 e. The van der Waals surface area contributed by atoms with E-state index in [1.807, 2.05) is 25.1 Å². The number of halogens is 2. The third kappa shape index (κ3) is 3.01. The third-order valence-electron chi connectivity index (χ3n) is 3.85. The molecule has 0 radical (unpaired) electrons. The molecule has 4 nitrogen and oxygen atoms in total. The number of benzene rings is 1. The number of hydrogen-bond donors (Lipinski definition) is 1. The number of imidazole rings is 1. The van der Waals surface area contributed by atoms with Gasteiger partial charge in [0.1, 0.15) is 10.2 Å². The molecule has 1 saturated carbocycles. The molecule has 0 saturated heterocycles. The summed E-state index contributed by atoms with van der Waals surface area (Å²) in [4.78, 5) is 16.3. The van der Waals surface area contributed by atoms with Crippen molar-refractivity contribution in [3.05, 3.63) is 30.1 Å². The molecule has 1 amide bonds. The lowest BCUT2D eigenvalue weighted by atomic mass is 10.3. The minimum atomic E-state index is -0.846. The highest BCUT2D eigenvalue weighted by atomic mass is 35.5. The summed E-state index contributed by atoms with van der Waals surface area (Å²) in [5, 5.41) is 2.89. The van der Waals surface area contributed by atoms with Crippen molar-refractivity contribution in [1.29, 1.82) is 0 Å². The van der Waals surface area contributed by atoms with Crippen LogP contribution in [0.15, 0.2) is 24.3 Å². The molecule has 1 aliphatic rings. The van der Waals surface area contributed by atoms with Crippen LogP contribution in [0.25, 0.3) is 11.0 Å². The molecule has 1 atom stereocenters. The monoisotopic (exact) mass is 325 g/mol. The van der Waals surface area contributed by atoms with Gasteiger partial charge in [0, 0.05) is 13.1 Å². The number of alkyl halides is 2. The van der Waals surface area contributed by atoms with Crippen molar-refractivity contribution in [2.45, 2.75) is 30.6 Å². The van der Waals surface area contributed by atoms with E-state index in [4.69, 9.17) is 23.2 Å². The van der Waals surface area contributed by atoms with E-state index in [0.717, 1.165) is 29.8 Å². The van der Waals surface area contributed by atoms with E-state index in [2.05, 4.69) is 20.9 Å². The second-order valence-electron chi connectivity index (χ2n) is 5.46. The van der Waals surface area contributed by atoms with Gasteiger partial charge in [-0.2, -0.15) is 0 Å². The summed E-state index contributed by atoms with van der Waals surface area (Å²) < 4.78 is 1.33. The number of rotatable bonds is 5. The number of carbonyl (C=O) groups excluding carboxylic acids is 1. The molecule has 1 N–H and O–H groups in total. The average Bonchev–Trinajstić information content (AvgIpc) is 2.96. The van der Waals surface area contributed by atoms with Crippen LogP contribution in [0.2, 0.25) is 0 Å². The molecule has 2 aromatic rings. The van der Waals surface area contributed by atoms with Crippen LogP contribution in [0, 0.1) is 12.8 Å². The molecule has 3 rings (SSSR count). The van der Waals surface area contributed by atoms with Crippen molar-refractivity contribution < 1.29 is 4.79 Å². The van der Waals surface area contributed by atoms with Gasteiger partial charge in [0.05, 0.1) is 17.0 Å². The Balaban J connectivity index is 1.53. The molecular formula is C15H17Cl2N3O. The van der Waals surface area contributed by atoms with E-state index in [1.54, 1.807) is 0 Å². The van der Waals surface area contributed by atoms with Crippen LogP contribution < -0.4 is 5.32 Å². The minimum Gasteiger partial charge on any atom is -0.356 e. The summed E-state index contributed by atoms with van der Waals surface area (Å²) >= 11 is 11.7. The number of nitrogens with zero attached hydrogens (tertiary/aromatic N) is 2. The predicted molar refractivity (Wildman–Crippen MR) is 84.6 cm³/mol. The van der Waals surface area contributed by atoms with Crippen LogP contribution in [0.3, 0.4) is 0 Å². The van der Waals surface area contributed by atoms with Crippen molar-refractivity contribution in [1.82, 2.24) is 14.9 Å². The van der Waals surface area contributed by atoms with E-state index in [-0.39, 0.29) is 11.8 Å². The van der Waals surface area contributed by atoms with Gasteiger partial charge in [0.15, 0.2) is 0 Å². The lowest BCUT2D eigenvalue weighted by molar-refractivity contribution is -0.122. The lowest BCUT2D eigenvalue weighted by Crippen LogP contribution is -2.28. The topological polar surface area (TPSA) is 46.9 Å². The number of fused-ring (bicyclic) bond motifs is 1. The molecular weight excluding hydrogens is 309 g/mol. The summed E-state index contributed by atoms with van der Waals surface area (Å²) in [7, 11) is 0. The Kier molecular flexibility index (Phi) is 3.84. The van der Waals surface area contributed by atoms with Gasteiger partial charge < -0.3 is 9.88 Å². The standard InChI is InChI=1S/C15H17Cl2N3O/c1-10-19-12-5-2-3-6-13(12)20(10)8-4-7-18-14(21)11-9-15(11,16)17/h2-3,5-6,11H,4,7-9H2,1H3,(H,18,21). The van der Waals surface area contributed by atoms with E-state index in [1.165, 1.54) is 0 Å². The molecule has 0 aliphatic heterocycles. The number of para-hydroxylation sites is 2. The maximum atomic E-state index is 11.8. The van der Waals surface area contributed by atoms with Crippen LogP contribution in [-0.2, 0) is 11.3 Å². The van der Waals surface area contributed by atoms with Gasteiger partial charge in [-0.3, -0.25) is 4.79 Å². The molecule has 1 aromatic carbocycles. The van der Waals surface area contributed by atoms with Gasteiger partial charge in [-0.1, -0.05) is 12.1 Å². The second-order valence-corrected chi connectivity index (χ2v) is 7.00. The quantitative estimate of drug-likeness (QED) is 0.678. The number of nitrogens with one attached hydrogen (secondary N) is 1. The first-order valence-electron chi connectivity index (χ1n) is 7.06. The van der Waals surface area contributed by atoms with Gasteiger partial charge in [-0.25, -0.2) is 4.98 Å². The normalized spacial score (nSPS) is 19.7. The molecule has 0 spiro atoms. The largest absolute Gasteiger partial charge is 0.356 e. The van der Waals surface area contributed by atoms with Gasteiger partial charge >= 0.3 is 0 Å². The van der Waals surface area contributed by atoms with Crippen LogP contribution >= 0.6 is 23.2 Å². The van der Waals surface area contributed by atoms with Crippen LogP contribution in [0.1, 0.15) is 18.7 Å². The molecule has 21 heavy (non-hydrogen) atoms. The second kappa shape index (κ2) is 5.50. The Morgan fingerprint density at radius 1 is 1.48 bits per heavy atom. The first-order valence-corrected chi connectivity index (χ1v) is 7.82. The van der Waals surface area contributed by atoms with Crippen LogP contribution in [0.4, 0.5) is 0 Å². The summed E-state index contributed by atoms with van der Waals surface area (Å²) in [6.07, 6.45) is 1.39. The Morgan fingerprint density at radius 2 is 2.19 bits per heavy atom. The van der Waals surface area contributed by atoms with Gasteiger partial charge in [0.25, 0.3) is 0 Å². The Bertz CT molecular complexity index is 681. The smallest absolute Gasteiger partial charge is 0.226 e. The summed E-state index contributed by atoms with van der Waals surface area (Å²) in [5.74, 6) is 0.689. The number of aryl methyl sites for hydroxylation is 2. The molecule has 1 aromatic heterocycles. The van der Waals surface area contributed by atoms with Gasteiger partial charge in [0.2, 0.25) is 5.91 Å². The molecule has 1 fully saturated rings. The van der Waals surface area contributed by atoms with Gasteiger partial charge in [-0.15, -0.1) is 23.2 Å². The lowest BCUT2D eigenvalue weighted by Gasteiger charge is -2.08. The SMILES string of the molecule is Cc1nc2ccccc2n1CCCNC(=O)C1CC1(Cl)Cl. The number of aromatic nitrogens is 2. The Morgan fingerprint density at radius 3 is 2.90 bits per heavy atom. The van der Waals surface area contributed by atoms with E-state index >= 15 is 0 Å². The molecule has 6 heteroatoms. The van der Waals surface area contributed by atoms with Gasteiger partial charge in [-0.05, 0) is 31.9 Å². The molecule has 1 aliphatic carbocycles. The molecule has 0 bridgehead atoms. The predicted octanol–water partition coefficient (Wildman–Crippen LogP) is 3.04. The minimum absolute atomic E-state index is 0.0489. The highest BCUT2D eigenvalue weighted by Gasteiger charge is 2.56. The summed E-state index contributed by atoms with van der Waals surface area (Å²) in [6, 6.07) is 8.07. The summed E-state index contributed by atoms with van der Waals surface area (Å²) in [5.41, 5.74) is 2.13. The Labute approximate surface area is 133 Å². The average molecular weight is 326 g/mol. The fourth-order valence-electron chi connectivity index (χ4n) is 2.55. The molecule has 112 valence electrons. The Hall–Kier alpha value is -1.26. The van der Waals surface area contributed by atoms with Crippen LogP contribution in [0.5, 0.6) is 0 Å².